The van der Waals surface area contributed by atoms with Crippen LogP contribution in [0.3, 0.4) is 0 Å². The Bertz CT molecular complexity index is 236. The molecule has 2 unspecified atom stereocenters. The first-order valence-electron chi connectivity index (χ1n) is 8.13. The second-order valence-electron chi connectivity index (χ2n) is 6.59. The summed E-state index contributed by atoms with van der Waals surface area (Å²) in [6.45, 7) is 12.9. The number of likely N-dealkylation sites (tertiary alicyclic amines) is 1. The molecule has 114 valence electrons. The van der Waals surface area contributed by atoms with Crippen molar-refractivity contribution in [2.45, 2.75) is 65.1 Å². The second kappa shape index (κ2) is 8.23. The highest BCUT2D eigenvalue weighted by Gasteiger charge is 2.26. The predicted octanol–water partition coefficient (Wildman–Crippen LogP) is 2.43. The molecule has 1 saturated heterocycles. The highest BCUT2D eigenvalue weighted by atomic mass is 15.2. The van der Waals surface area contributed by atoms with Gasteiger partial charge >= 0.3 is 0 Å². The molecule has 0 radical (unpaired) electrons. The Labute approximate surface area is 120 Å². The van der Waals surface area contributed by atoms with Gasteiger partial charge in [-0.15, -0.1) is 0 Å². The zero-order chi connectivity index (χ0) is 14.4. The summed E-state index contributed by atoms with van der Waals surface area (Å²) in [6, 6.07) is 2.05. The van der Waals surface area contributed by atoms with Crippen molar-refractivity contribution in [2.24, 2.45) is 5.92 Å². The lowest BCUT2D eigenvalue weighted by atomic mass is 9.93. The topological polar surface area (TPSA) is 18.5 Å². The molecule has 0 saturated carbocycles. The van der Waals surface area contributed by atoms with Gasteiger partial charge < -0.3 is 10.2 Å². The van der Waals surface area contributed by atoms with Gasteiger partial charge in [-0.25, -0.2) is 0 Å². The van der Waals surface area contributed by atoms with Crippen molar-refractivity contribution in [2.75, 3.05) is 33.7 Å². The molecule has 19 heavy (non-hydrogen) atoms. The molecule has 0 aliphatic carbocycles. The number of hydrogen-bond donors (Lipinski definition) is 1. The van der Waals surface area contributed by atoms with Gasteiger partial charge in [-0.2, -0.15) is 0 Å². The molecule has 0 bridgehead atoms. The monoisotopic (exact) mass is 269 g/mol. The van der Waals surface area contributed by atoms with Gasteiger partial charge in [-0.1, -0.05) is 26.7 Å². The minimum atomic E-state index is 0.670. The number of nitrogens with one attached hydrogen (secondary N) is 1. The average Bonchev–Trinajstić information content (AvgIpc) is 2.83. The van der Waals surface area contributed by atoms with Crippen LogP contribution >= 0.6 is 0 Å². The van der Waals surface area contributed by atoms with Gasteiger partial charge in [-0.3, -0.25) is 4.90 Å². The third-order valence-electron chi connectivity index (χ3n) is 4.82. The maximum Gasteiger partial charge on any atom is 0.0242 e. The lowest BCUT2D eigenvalue weighted by Crippen LogP contribution is -2.46. The molecule has 0 aromatic heterocycles. The van der Waals surface area contributed by atoms with Crippen LogP contribution in [0.25, 0.3) is 0 Å². The van der Waals surface area contributed by atoms with E-state index >= 15 is 0 Å². The summed E-state index contributed by atoms with van der Waals surface area (Å²) < 4.78 is 0. The Kier molecular flexibility index (Phi) is 7.33. The Morgan fingerprint density at radius 1 is 1.21 bits per heavy atom. The standard InChI is InChI=1S/C16H35N3/c1-7-14(8-2)16(18(5)6)11-17-15-9-10-19(12-15)13(3)4/h13-17H,7-12H2,1-6H3. The summed E-state index contributed by atoms with van der Waals surface area (Å²) in [5, 5.41) is 3.81. The summed E-state index contributed by atoms with van der Waals surface area (Å²) in [5.41, 5.74) is 0. The maximum atomic E-state index is 3.81. The lowest BCUT2D eigenvalue weighted by molar-refractivity contribution is 0.188. The van der Waals surface area contributed by atoms with Crippen LogP contribution in [0, 0.1) is 5.92 Å². The van der Waals surface area contributed by atoms with Crippen molar-refractivity contribution in [3.8, 4) is 0 Å². The predicted molar refractivity (Wildman–Crippen MR) is 84.7 cm³/mol. The number of likely N-dealkylation sites (N-methyl/N-ethyl adjacent to an activating group) is 1. The molecular weight excluding hydrogens is 234 g/mol. The first-order chi connectivity index (χ1) is 8.99. The smallest absolute Gasteiger partial charge is 0.0242 e. The highest BCUT2D eigenvalue weighted by molar-refractivity contribution is 4.85. The molecule has 3 nitrogen and oxygen atoms in total. The summed E-state index contributed by atoms with van der Waals surface area (Å²) in [6.07, 6.45) is 3.87. The van der Waals surface area contributed by atoms with Gasteiger partial charge in [0.05, 0.1) is 0 Å². The summed E-state index contributed by atoms with van der Waals surface area (Å²) in [4.78, 5) is 4.99. The Balaban J connectivity index is 2.40. The fourth-order valence-corrected chi connectivity index (χ4v) is 3.31. The van der Waals surface area contributed by atoms with E-state index in [1.165, 1.54) is 32.4 Å². The molecule has 1 aliphatic rings. The average molecular weight is 269 g/mol. The van der Waals surface area contributed by atoms with Crippen molar-refractivity contribution >= 4 is 0 Å². The Morgan fingerprint density at radius 3 is 2.26 bits per heavy atom. The van der Waals surface area contributed by atoms with Crippen LogP contribution in [-0.4, -0.2) is 61.7 Å². The normalized spacial score (nSPS) is 22.9. The maximum absolute atomic E-state index is 3.81. The van der Waals surface area contributed by atoms with E-state index in [1.807, 2.05) is 0 Å². The largest absolute Gasteiger partial charge is 0.311 e. The molecule has 3 heteroatoms. The highest BCUT2D eigenvalue weighted by Crippen LogP contribution is 2.18. The summed E-state index contributed by atoms with van der Waals surface area (Å²) >= 11 is 0. The van der Waals surface area contributed by atoms with Crippen LogP contribution in [0.2, 0.25) is 0 Å². The van der Waals surface area contributed by atoms with Gasteiger partial charge in [-0.05, 0) is 46.8 Å². The first kappa shape index (κ1) is 16.9. The van der Waals surface area contributed by atoms with Crippen molar-refractivity contribution in [3.05, 3.63) is 0 Å². The van der Waals surface area contributed by atoms with E-state index in [1.54, 1.807) is 0 Å². The van der Waals surface area contributed by atoms with Gasteiger partial charge in [0.15, 0.2) is 0 Å². The lowest BCUT2D eigenvalue weighted by Gasteiger charge is -2.32. The van der Waals surface area contributed by atoms with Gasteiger partial charge in [0.25, 0.3) is 0 Å². The van der Waals surface area contributed by atoms with E-state index < -0.39 is 0 Å². The quantitative estimate of drug-likeness (QED) is 0.730. The van der Waals surface area contributed by atoms with Crippen LogP contribution in [0.5, 0.6) is 0 Å². The van der Waals surface area contributed by atoms with Crippen LogP contribution in [0.4, 0.5) is 0 Å². The van der Waals surface area contributed by atoms with Crippen LogP contribution in [-0.2, 0) is 0 Å². The minimum absolute atomic E-state index is 0.670. The molecular formula is C16H35N3. The van der Waals surface area contributed by atoms with Crippen molar-refractivity contribution in [3.63, 3.8) is 0 Å². The van der Waals surface area contributed by atoms with E-state index in [2.05, 4.69) is 56.9 Å². The second-order valence-corrected chi connectivity index (χ2v) is 6.59. The molecule has 2 atom stereocenters. The molecule has 0 aromatic rings. The molecule has 1 N–H and O–H groups in total. The third kappa shape index (κ3) is 5.05. The number of hydrogen-bond acceptors (Lipinski definition) is 3. The fourth-order valence-electron chi connectivity index (χ4n) is 3.31. The molecule has 0 aromatic carbocycles. The van der Waals surface area contributed by atoms with Gasteiger partial charge in [0, 0.05) is 31.2 Å². The third-order valence-corrected chi connectivity index (χ3v) is 4.82. The Morgan fingerprint density at radius 2 is 1.84 bits per heavy atom. The van der Waals surface area contributed by atoms with Crippen LogP contribution < -0.4 is 5.32 Å². The van der Waals surface area contributed by atoms with Crippen molar-refractivity contribution in [1.29, 1.82) is 0 Å². The van der Waals surface area contributed by atoms with E-state index in [0.29, 0.717) is 18.1 Å². The van der Waals surface area contributed by atoms with Crippen LogP contribution in [0.1, 0.15) is 47.0 Å². The summed E-state index contributed by atoms with van der Waals surface area (Å²) in [5.74, 6) is 0.810. The van der Waals surface area contributed by atoms with E-state index in [9.17, 15) is 0 Å². The fraction of sp³-hybridized carbons (Fsp3) is 1.00. The minimum Gasteiger partial charge on any atom is -0.311 e. The zero-order valence-corrected chi connectivity index (χ0v) is 13.9. The SMILES string of the molecule is CCC(CC)C(CNC1CCN(C(C)C)C1)N(C)C. The first-order valence-corrected chi connectivity index (χ1v) is 8.13. The van der Waals surface area contributed by atoms with E-state index in [-0.39, 0.29) is 0 Å². The van der Waals surface area contributed by atoms with E-state index in [4.69, 9.17) is 0 Å². The van der Waals surface area contributed by atoms with Crippen molar-refractivity contribution < 1.29 is 0 Å². The number of rotatable bonds is 8. The van der Waals surface area contributed by atoms with E-state index in [0.717, 1.165) is 12.5 Å². The molecule has 0 amide bonds. The Hall–Kier alpha value is -0.120. The molecule has 1 rings (SSSR count). The molecule has 1 heterocycles. The molecule has 1 aliphatic heterocycles. The summed E-state index contributed by atoms with van der Waals surface area (Å²) in [7, 11) is 4.44. The van der Waals surface area contributed by atoms with Gasteiger partial charge in [0.1, 0.15) is 0 Å². The zero-order valence-electron chi connectivity index (χ0n) is 13.9. The molecule has 1 fully saturated rings. The van der Waals surface area contributed by atoms with Gasteiger partial charge in [0.2, 0.25) is 0 Å². The van der Waals surface area contributed by atoms with Crippen molar-refractivity contribution in [1.82, 2.24) is 15.1 Å². The number of nitrogens with zero attached hydrogens (tertiary/aromatic N) is 2. The molecule has 0 spiro atoms. The van der Waals surface area contributed by atoms with Crippen LogP contribution in [0.15, 0.2) is 0 Å².